The van der Waals surface area contributed by atoms with Crippen LogP contribution in [-0.2, 0) is 0 Å². The lowest BCUT2D eigenvalue weighted by Gasteiger charge is -2.06. The predicted molar refractivity (Wildman–Crippen MR) is 78.1 cm³/mol. The number of benzene rings is 1. The molecule has 0 spiro atoms. The highest BCUT2D eigenvalue weighted by molar-refractivity contribution is 6.99. The Balaban J connectivity index is 2.03. The Kier molecular flexibility index (Phi) is 5.31. The summed E-state index contributed by atoms with van der Waals surface area (Å²) in [5.74, 6) is 1.18. The number of rotatable bonds is 6. The third-order valence-corrected chi connectivity index (χ3v) is 3.30. The van der Waals surface area contributed by atoms with Crippen molar-refractivity contribution in [2.24, 2.45) is 0 Å². The minimum Gasteiger partial charge on any atom is -0.494 e. The lowest BCUT2D eigenvalue weighted by atomic mass is 10.3. The summed E-state index contributed by atoms with van der Waals surface area (Å²) in [5.41, 5.74) is -0.520. The lowest BCUT2D eigenvalue weighted by molar-refractivity contribution is 0.309. The molecular weight excluding hydrogens is 300 g/mol. The Bertz CT molecular complexity index is 616. The molecule has 0 atom stereocenters. The number of halogens is 1. The zero-order valence-electron chi connectivity index (χ0n) is 10.8. The van der Waals surface area contributed by atoms with Gasteiger partial charge in [-0.15, -0.1) is 4.37 Å². The molecule has 0 saturated heterocycles. The minimum absolute atomic E-state index is 0.0744. The van der Waals surface area contributed by atoms with Crippen LogP contribution < -0.4 is 14.9 Å². The Morgan fingerprint density at radius 2 is 1.90 bits per heavy atom. The summed E-state index contributed by atoms with van der Waals surface area (Å²) >= 11 is 6.45. The molecule has 0 aliphatic heterocycles. The van der Waals surface area contributed by atoms with Crippen molar-refractivity contribution in [2.45, 2.75) is 19.8 Å². The highest BCUT2D eigenvalue weighted by Crippen LogP contribution is 2.21. The number of ether oxygens (including phenoxy) is 2. The molecule has 0 aliphatic carbocycles. The summed E-state index contributed by atoms with van der Waals surface area (Å²) in [7, 11) is 0. The molecule has 2 aromatic rings. The summed E-state index contributed by atoms with van der Waals surface area (Å²) in [6.45, 7) is 2.79. The number of hydrogen-bond donors (Lipinski definition) is 0. The molecule has 5 nitrogen and oxygen atoms in total. The normalized spacial score (nSPS) is 10.3. The Morgan fingerprint density at radius 3 is 2.60 bits per heavy atom. The average molecular weight is 313 g/mol. The summed E-state index contributed by atoms with van der Waals surface area (Å²) in [6, 6.07) is 6.98. The SMILES string of the molecule is CCCCOc1ccc(Oc2nsnc(Cl)c2=O)cc1. The van der Waals surface area contributed by atoms with Crippen molar-refractivity contribution in [3.8, 4) is 17.4 Å². The van der Waals surface area contributed by atoms with Crippen LogP contribution in [0, 0.1) is 0 Å². The van der Waals surface area contributed by atoms with Gasteiger partial charge in [-0.1, -0.05) is 24.9 Å². The molecule has 0 fully saturated rings. The van der Waals surface area contributed by atoms with E-state index in [9.17, 15) is 4.79 Å². The van der Waals surface area contributed by atoms with Gasteiger partial charge in [-0.2, -0.15) is 4.37 Å². The third kappa shape index (κ3) is 3.91. The van der Waals surface area contributed by atoms with Crippen LogP contribution in [0.1, 0.15) is 19.8 Å². The summed E-state index contributed by atoms with van der Waals surface area (Å²) < 4.78 is 18.3. The van der Waals surface area contributed by atoms with Gasteiger partial charge in [-0.05, 0) is 30.7 Å². The van der Waals surface area contributed by atoms with Crippen LogP contribution in [0.15, 0.2) is 29.1 Å². The topological polar surface area (TPSA) is 61.3 Å². The maximum atomic E-state index is 11.6. The molecular formula is C13H13ClN2O3S. The largest absolute Gasteiger partial charge is 0.494 e. The second-order valence-electron chi connectivity index (χ2n) is 3.96. The maximum Gasteiger partial charge on any atom is 0.283 e. The number of hydrogen-bond acceptors (Lipinski definition) is 6. The van der Waals surface area contributed by atoms with Crippen LogP contribution >= 0.6 is 23.3 Å². The number of unbranched alkanes of at least 4 members (excludes halogenated alkanes) is 1. The van der Waals surface area contributed by atoms with Gasteiger partial charge in [-0.3, -0.25) is 4.79 Å². The van der Waals surface area contributed by atoms with Crippen molar-refractivity contribution in [1.82, 2.24) is 8.75 Å². The highest BCUT2D eigenvalue weighted by atomic mass is 35.5. The minimum atomic E-state index is -0.520. The molecule has 2 rings (SSSR count). The van der Waals surface area contributed by atoms with E-state index in [2.05, 4.69) is 15.7 Å². The Hall–Kier alpha value is -1.66. The fraction of sp³-hybridized carbons (Fsp3) is 0.308. The third-order valence-electron chi connectivity index (χ3n) is 2.43. The standard InChI is InChI=1S/C13H13ClN2O3S/c1-2-3-8-18-9-4-6-10(7-5-9)19-13-11(17)12(14)15-20-16-13/h4-7H,2-3,8H2,1H3. The smallest absolute Gasteiger partial charge is 0.283 e. The zero-order valence-corrected chi connectivity index (χ0v) is 12.4. The van der Waals surface area contributed by atoms with Gasteiger partial charge >= 0.3 is 0 Å². The van der Waals surface area contributed by atoms with Crippen molar-refractivity contribution >= 4 is 23.3 Å². The first kappa shape index (κ1) is 14.7. The first-order valence-electron chi connectivity index (χ1n) is 6.13. The van der Waals surface area contributed by atoms with E-state index in [-0.39, 0.29) is 11.0 Å². The molecule has 1 aromatic carbocycles. The highest BCUT2D eigenvalue weighted by Gasteiger charge is 2.09. The Labute approximate surface area is 125 Å². The first-order valence-corrected chi connectivity index (χ1v) is 7.24. The maximum absolute atomic E-state index is 11.6. The van der Waals surface area contributed by atoms with Crippen molar-refractivity contribution < 1.29 is 9.47 Å². The monoisotopic (exact) mass is 312 g/mol. The van der Waals surface area contributed by atoms with Gasteiger partial charge in [0.15, 0.2) is 5.15 Å². The van der Waals surface area contributed by atoms with Crippen molar-refractivity contribution in [2.75, 3.05) is 6.61 Å². The van der Waals surface area contributed by atoms with Gasteiger partial charge in [0.05, 0.1) is 18.3 Å². The summed E-state index contributed by atoms with van der Waals surface area (Å²) in [4.78, 5) is 11.6. The van der Waals surface area contributed by atoms with E-state index < -0.39 is 5.43 Å². The van der Waals surface area contributed by atoms with Crippen LogP contribution in [0.4, 0.5) is 0 Å². The van der Waals surface area contributed by atoms with E-state index >= 15 is 0 Å². The summed E-state index contributed by atoms with van der Waals surface area (Å²) in [5, 5.41) is -0.139. The molecule has 0 saturated carbocycles. The lowest BCUT2D eigenvalue weighted by Crippen LogP contribution is -2.07. The van der Waals surface area contributed by atoms with Crippen LogP contribution in [0.25, 0.3) is 0 Å². The van der Waals surface area contributed by atoms with E-state index in [1.54, 1.807) is 24.3 Å². The zero-order chi connectivity index (χ0) is 14.4. The Morgan fingerprint density at radius 1 is 1.20 bits per heavy atom. The molecule has 1 heterocycles. The van der Waals surface area contributed by atoms with Crippen molar-refractivity contribution in [3.63, 3.8) is 0 Å². The average Bonchev–Trinajstić information content (AvgIpc) is 2.46. The molecule has 0 amide bonds. The fourth-order valence-corrected chi connectivity index (χ4v) is 1.94. The fourth-order valence-electron chi connectivity index (χ4n) is 1.38. The van der Waals surface area contributed by atoms with Gasteiger partial charge < -0.3 is 9.47 Å². The van der Waals surface area contributed by atoms with E-state index in [1.807, 2.05) is 0 Å². The van der Waals surface area contributed by atoms with Crippen LogP contribution in [0.3, 0.4) is 0 Å². The van der Waals surface area contributed by atoms with E-state index in [0.29, 0.717) is 12.4 Å². The molecule has 0 unspecified atom stereocenters. The second kappa shape index (κ2) is 7.21. The van der Waals surface area contributed by atoms with Crippen molar-refractivity contribution in [3.05, 3.63) is 39.6 Å². The van der Waals surface area contributed by atoms with Gasteiger partial charge in [0, 0.05) is 0 Å². The van der Waals surface area contributed by atoms with Crippen LogP contribution in [-0.4, -0.2) is 15.4 Å². The van der Waals surface area contributed by atoms with Crippen LogP contribution in [0.5, 0.6) is 17.4 Å². The molecule has 0 aliphatic rings. The predicted octanol–water partition coefficient (Wildman–Crippen LogP) is 3.52. The molecule has 106 valence electrons. The van der Waals surface area contributed by atoms with E-state index in [0.717, 1.165) is 30.3 Å². The van der Waals surface area contributed by atoms with Gasteiger partial charge in [-0.25, -0.2) is 0 Å². The quantitative estimate of drug-likeness (QED) is 0.764. The van der Waals surface area contributed by atoms with Gasteiger partial charge in [0.25, 0.3) is 11.3 Å². The van der Waals surface area contributed by atoms with E-state index in [1.165, 1.54) is 0 Å². The van der Waals surface area contributed by atoms with Crippen molar-refractivity contribution in [1.29, 1.82) is 0 Å². The van der Waals surface area contributed by atoms with Gasteiger partial charge in [0.2, 0.25) is 0 Å². The summed E-state index contributed by atoms with van der Waals surface area (Å²) in [6.07, 6.45) is 2.10. The molecule has 1 aromatic heterocycles. The number of nitrogens with zero attached hydrogens (tertiary/aromatic N) is 2. The first-order chi connectivity index (χ1) is 9.70. The molecule has 0 bridgehead atoms. The van der Waals surface area contributed by atoms with Crippen LogP contribution in [0.2, 0.25) is 5.15 Å². The van der Waals surface area contributed by atoms with Gasteiger partial charge in [0.1, 0.15) is 11.5 Å². The molecule has 7 heteroatoms. The molecule has 20 heavy (non-hydrogen) atoms. The number of aromatic nitrogens is 2. The molecule has 0 radical (unpaired) electrons. The van der Waals surface area contributed by atoms with E-state index in [4.69, 9.17) is 21.1 Å². The second-order valence-corrected chi connectivity index (χ2v) is 4.85. The molecule has 0 N–H and O–H groups in total.